The summed E-state index contributed by atoms with van der Waals surface area (Å²) in [5.41, 5.74) is 3.37. The summed E-state index contributed by atoms with van der Waals surface area (Å²) in [5, 5.41) is 13.9. The van der Waals surface area contributed by atoms with Crippen molar-refractivity contribution in [3.8, 4) is 0 Å². The van der Waals surface area contributed by atoms with E-state index < -0.39 is 6.10 Å². The minimum Gasteiger partial charge on any atom is -0.384 e. The maximum absolute atomic E-state index is 10.7. The fourth-order valence-electron chi connectivity index (χ4n) is 2.56. The lowest BCUT2D eigenvalue weighted by Crippen LogP contribution is -2.11. The molecule has 108 valence electrons. The molecule has 1 nitrogen and oxygen atoms in total. The number of benzene rings is 2. The van der Waals surface area contributed by atoms with Gasteiger partial charge in [0.1, 0.15) is 6.10 Å². The van der Waals surface area contributed by atoms with Crippen LogP contribution < -0.4 is 0 Å². The van der Waals surface area contributed by atoms with Crippen molar-refractivity contribution in [1.82, 2.24) is 0 Å². The average Bonchev–Trinajstić information content (AvgIpc) is 2.90. The Morgan fingerprint density at radius 3 is 2.29 bits per heavy atom. The van der Waals surface area contributed by atoms with Crippen LogP contribution in [0.4, 0.5) is 0 Å². The van der Waals surface area contributed by atoms with E-state index in [0.717, 1.165) is 16.5 Å². The van der Waals surface area contributed by atoms with E-state index in [1.54, 1.807) is 11.3 Å². The summed E-state index contributed by atoms with van der Waals surface area (Å²) in [5.74, 6) is 0. The number of fused-ring (bicyclic) bond motifs is 1. The molecule has 3 aromatic rings. The molecule has 1 atom stereocenters. The molecule has 0 amide bonds. The first-order chi connectivity index (χ1) is 9.97. The Balaban J connectivity index is 1.97. The zero-order chi connectivity index (χ0) is 15.0. The van der Waals surface area contributed by atoms with Gasteiger partial charge in [0.2, 0.25) is 0 Å². The lowest BCUT2D eigenvalue weighted by molar-refractivity contribution is 0.222. The van der Waals surface area contributed by atoms with Crippen molar-refractivity contribution in [3.63, 3.8) is 0 Å². The third kappa shape index (κ3) is 2.74. The molecular weight excluding hydrogens is 276 g/mol. The molecule has 1 unspecified atom stereocenters. The Labute approximate surface area is 129 Å². The van der Waals surface area contributed by atoms with Gasteiger partial charge in [-0.05, 0) is 33.4 Å². The van der Waals surface area contributed by atoms with Gasteiger partial charge in [-0.2, -0.15) is 0 Å². The lowest BCUT2D eigenvalue weighted by atomic mass is 9.86. The van der Waals surface area contributed by atoms with Gasteiger partial charge in [0.15, 0.2) is 0 Å². The normalized spacial score (nSPS) is 13.5. The van der Waals surface area contributed by atoms with Crippen LogP contribution in [0.1, 0.15) is 43.6 Å². The van der Waals surface area contributed by atoms with E-state index in [-0.39, 0.29) is 5.41 Å². The van der Waals surface area contributed by atoms with Gasteiger partial charge < -0.3 is 5.11 Å². The number of aliphatic hydroxyl groups is 1. The summed E-state index contributed by atoms with van der Waals surface area (Å²) in [7, 11) is 0. The summed E-state index contributed by atoms with van der Waals surface area (Å²) < 4.78 is 1.22. The predicted octanol–water partition coefficient (Wildman–Crippen LogP) is 5.28. The smallest absolute Gasteiger partial charge is 0.105 e. The first-order valence-corrected chi connectivity index (χ1v) is 8.09. The molecule has 3 rings (SSSR count). The second kappa shape index (κ2) is 5.28. The van der Waals surface area contributed by atoms with Gasteiger partial charge >= 0.3 is 0 Å². The molecule has 0 bridgehead atoms. The summed E-state index contributed by atoms with van der Waals surface area (Å²) in [6, 6.07) is 16.5. The number of thiophene rings is 1. The molecule has 0 radical (unpaired) electrons. The molecule has 0 fully saturated rings. The molecule has 0 spiro atoms. The molecule has 21 heavy (non-hydrogen) atoms. The summed E-state index contributed by atoms with van der Waals surface area (Å²) in [6.07, 6.45) is -0.560. The molecule has 0 saturated carbocycles. The quantitative estimate of drug-likeness (QED) is 0.682. The Morgan fingerprint density at radius 2 is 1.62 bits per heavy atom. The third-order valence-corrected chi connectivity index (χ3v) is 4.88. The molecule has 1 N–H and O–H groups in total. The van der Waals surface area contributed by atoms with Gasteiger partial charge in [0.05, 0.1) is 0 Å². The van der Waals surface area contributed by atoms with Crippen molar-refractivity contribution in [2.24, 2.45) is 0 Å². The highest BCUT2D eigenvalue weighted by atomic mass is 32.1. The molecule has 0 saturated heterocycles. The number of rotatable bonds is 2. The Hall–Kier alpha value is -1.64. The first-order valence-electron chi connectivity index (χ1n) is 7.21. The number of aliphatic hydroxyl groups excluding tert-OH is 1. The molecule has 2 aromatic carbocycles. The standard InChI is InChI=1S/C19H20OS/c1-19(2,3)14-10-8-13(9-11-14)18(20)16-12-21-17-7-5-4-6-15(16)17/h4-12,18,20H,1-3H3. The van der Waals surface area contributed by atoms with Gasteiger partial charge in [-0.3, -0.25) is 0 Å². The fourth-order valence-corrected chi connectivity index (χ4v) is 3.53. The largest absolute Gasteiger partial charge is 0.384 e. The second-order valence-corrected chi connectivity index (χ2v) is 7.37. The predicted molar refractivity (Wildman–Crippen MR) is 91.0 cm³/mol. The Morgan fingerprint density at radius 1 is 0.952 bits per heavy atom. The van der Waals surface area contributed by atoms with Crippen LogP contribution in [0.2, 0.25) is 0 Å². The highest BCUT2D eigenvalue weighted by molar-refractivity contribution is 7.17. The van der Waals surface area contributed by atoms with Crippen molar-refractivity contribution in [2.75, 3.05) is 0 Å². The zero-order valence-corrected chi connectivity index (χ0v) is 13.4. The van der Waals surface area contributed by atoms with Crippen LogP contribution in [0.3, 0.4) is 0 Å². The van der Waals surface area contributed by atoms with E-state index in [1.165, 1.54) is 10.3 Å². The minimum absolute atomic E-state index is 0.137. The summed E-state index contributed by atoms with van der Waals surface area (Å²) in [4.78, 5) is 0. The van der Waals surface area contributed by atoms with Crippen LogP contribution >= 0.6 is 11.3 Å². The second-order valence-electron chi connectivity index (χ2n) is 6.46. The van der Waals surface area contributed by atoms with Crippen LogP contribution in [0.5, 0.6) is 0 Å². The van der Waals surface area contributed by atoms with E-state index in [2.05, 4.69) is 50.4 Å². The van der Waals surface area contributed by atoms with E-state index in [9.17, 15) is 5.11 Å². The Bertz CT molecular complexity index is 747. The fraction of sp³-hybridized carbons (Fsp3) is 0.263. The SMILES string of the molecule is CC(C)(C)c1ccc(C(O)c2csc3ccccc23)cc1. The van der Waals surface area contributed by atoms with E-state index in [4.69, 9.17) is 0 Å². The summed E-state index contributed by atoms with van der Waals surface area (Å²) >= 11 is 1.68. The van der Waals surface area contributed by atoms with Crippen molar-refractivity contribution < 1.29 is 5.11 Å². The van der Waals surface area contributed by atoms with Gasteiger partial charge in [-0.25, -0.2) is 0 Å². The first kappa shape index (κ1) is 14.3. The van der Waals surface area contributed by atoms with E-state index >= 15 is 0 Å². The zero-order valence-electron chi connectivity index (χ0n) is 12.6. The van der Waals surface area contributed by atoms with Crippen molar-refractivity contribution in [1.29, 1.82) is 0 Å². The van der Waals surface area contributed by atoms with Crippen LogP contribution in [-0.2, 0) is 5.41 Å². The maximum atomic E-state index is 10.7. The van der Waals surface area contributed by atoms with Gasteiger partial charge in [0.25, 0.3) is 0 Å². The number of hydrogen-bond acceptors (Lipinski definition) is 2. The van der Waals surface area contributed by atoms with Gasteiger partial charge in [0, 0.05) is 10.3 Å². The van der Waals surface area contributed by atoms with Crippen LogP contribution in [-0.4, -0.2) is 5.11 Å². The summed E-state index contributed by atoms with van der Waals surface area (Å²) in [6.45, 7) is 6.60. The highest BCUT2D eigenvalue weighted by Crippen LogP contribution is 2.34. The molecular formula is C19H20OS. The molecule has 1 heterocycles. The van der Waals surface area contributed by atoms with Gasteiger partial charge in [-0.1, -0.05) is 63.2 Å². The molecule has 1 aromatic heterocycles. The van der Waals surface area contributed by atoms with Crippen LogP contribution in [0.15, 0.2) is 53.9 Å². The molecule has 0 aliphatic rings. The van der Waals surface area contributed by atoms with Crippen molar-refractivity contribution in [3.05, 3.63) is 70.6 Å². The third-order valence-electron chi connectivity index (χ3n) is 3.90. The maximum Gasteiger partial charge on any atom is 0.105 e. The lowest BCUT2D eigenvalue weighted by Gasteiger charge is -2.20. The minimum atomic E-state index is -0.560. The highest BCUT2D eigenvalue weighted by Gasteiger charge is 2.17. The van der Waals surface area contributed by atoms with E-state index in [0.29, 0.717) is 0 Å². The van der Waals surface area contributed by atoms with Crippen molar-refractivity contribution in [2.45, 2.75) is 32.3 Å². The molecule has 0 aliphatic heterocycles. The average molecular weight is 296 g/mol. The van der Waals surface area contributed by atoms with Crippen molar-refractivity contribution >= 4 is 21.4 Å². The number of hydrogen-bond donors (Lipinski definition) is 1. The van der Waals surface area contributed by atoms with Gasteiger partial charge in [-0.15, -0.1) is 11.3 Å². The molecule has 2 heteroatoms. The molecule has 0 aliphatic carbocycles. The Kier molecular flexibility index (Phi) is 3.60. The van der Waals surface area contributed by atoms with Crippen LogP contribution in [0, 0.1) is 0 Å². The monoisotopic (exact) mass is 296 g/mol. The van der Waals surface area contributed by atoms with E-state index in [1.807, 2.05) is 24.3 Å². The topological polar surface area (TPSA) is 20.2 Å². The van der Waals surface area contributed by atoms with Crippen LogP contribution in [0.25, 0.3) is 10.1 Å².